The summed E-state index contributed by atoms with van der Waals surface area (Å²) < 4.78 is 39.2. The minimum atomic E-state index is -4.64. The number of rotatable bonds is 6. The van der Waals surface area contributed by atoms with Crippen LogP contribution in [0, 0.1) is 11.3 Å². The minimum Gasteiger partial charge on any atom is -0.389 e. The van der Waals surface area contributed by atoms with Gasteiger partial charge in [0.2, 0.25) is 11.9 Å². The molecule has 0 aliphatic carbocycles. The van der Waals surface area contributed by atoms with Gasteiger partial charge in [-0.05, 0) is 38.1 Å². The molecule has 12 heteroatoms. The lowest BCUT2D eigenvalue weighted by molar-refractivity contribution is -0.141. The second-order valence-corrected chi connectivity index (χ2v) is 7.01. The largest absolute Gasteiger partial charge is 0.433 e. The van der Waals surface area contributed by atoms with E-state index in [-0.39, 0.29) is 41.3 Å². The van der Waals surface area contributed by atoms with E-state index in [1.165, 1.54) is 24.4 Å². The molecule has 3 aromatic heterocycles. The Hall–Kier alpha value is -3.85. The van der Waals surface area contributed by atoms with Crippen molar-refractivity contribution in [2.45, 2.75) is 25.6 Å². The number of alkyl halides is 3. The number of hydrogen-bond donors (Lipinski definition) is 3. The smallest absolute Gasteiger partial charge is 0.389 e. The number of nitrogens with zero attached hydrogens (tertiary/aromatic N) is 6. The molecule has 0 spiro atoms. The van der Waals surface area contributed by atoms with Crippen LogP contribution in [-0.4, -0.2) is 42.2 Å². The van der Waals surface area contributed by atoms with E-state index >= 15 is 0 Å². The summed E-state index contributed by atoms with van der Waals surface area (Å²) in [5, 5.41) is 24.7. The summed E-state index contributed by atoms with van der Waals surface area (Å²) in [6.07, 6.45) is -3.19. The second-order valence-electron chi connectivity index (χ2n) is 7.01. The predicted octanol–water partition coefficient (Wildman–Crippen LogP) is 3.15. The van der Waals surface area contributed by atoms with Crippen LogP contribution in [-0.2, 0) is 6.18 Å². The highest BCUT2D eigenvalue weighted by Crippen LogP contribution is 2.29. The molecule has 3 heterocycles. The summed E-state index contributed by atoms with van der Waals surface area (Å²) in [6.45, 7) is 3.17. The fourth-order valence-electron chi connectivity index (χ4n) is 2.34. The molecule has 0 aliphatic heterocycles. The van der Waals surface area contributed by atoms with E-state index in [0.717, 1.165) is 6.07 Å². The van der Waals surface area contributed by atoms with E-state index in [4.69, 9.17) is 0 Å². The van der Waals surface area contributed by atoms with E-state index < -0.39 is 17.5 Å². The van der Waals surface area contributed by atoms with Gasteiger partial charge in [-0.1, -0.05) is 6.07 Å². The highest BCUT2D eigenvalue weighted by Gasteiger charge is 2.32. The zero-order valence-corrected chi connectivity index (χ0v) is 16.4. The second kappa shape index (κ2) is 8.49. The van der Waals surface area contributed by atoms with Gasteiger partial charge in [-0.25, -0.2) is 9.97 Å². The summed E-state index contributed by atoms with van der Waals surface area (Å²) in [5.41, 5.74) is -2.12. The third kappa shape index (κ3) is 5.83. The average molecular weight is 430 g/mol. The van der Waals surface area contributed by atoms with Gasteiger partial charge in [0.15, 0.2) is 11.6 Å². The van der Waals surface area contributed by atoms with Gasteiger partial charge in [0.25, 0.3) is 0 Å². The minimum absolute atomic E-state index is 0.0109. The van der Waals surface area contributed by atoms with Crippen molar-refractivity contribution < 1.29 is 18.3 Å². The van der Waals surface area contributed by atoms with Gasteiger partial charge < -0.3 is 15.7 Å². The molecule has 3 rings (SSSR count). The summed E-state index contributed by atoms with van der Waals surface area (Å²) in [6, 6.07) is 8.43. The fourth-order valence-corrected chi connectivity index (χ4v) is 2.34. The summed E-state index contributed by atoms with van der Waals surface area (Å²) in [4.78, 5) is 20.0. The Kier molecular flexibility index (Phi) is 5.98. The molecule has 9 nitrogen and oxygen atoms in total. The number of nitrogens with one attached hydrogen (secondary N) is 2. The SMILES string of the molecule is CC(C)(O)CNc1nc(Nc2ncccc2C#N)nc(-c2cccc(C(F)(F)F)n2)n1. The zero-order chi connectivity index (χ0) is 22.6. The van der Waals surface area contributed by atoms with Crippen LogP contribution >= 0.6 is 0 Å². The maximum absolute atomic E-state index is 13.1. The van der Waals surface area contributed by atoms with Crippen molar-refractivity contribution in [1.29, 1.82) is 5.26 Å². The Morgan fingerprint density at radius 1 is 1.03 bits per heavy atom. The number of nitriles is 1. The third-order valence-corrected chi connectivity index (χ3v) is 3.74. The monoisotopic (exact) mass is 430 g/mol. The van der Waals surface area contributed by atoms with Crippen molar-refractivity contribution in [1.82, 2.24) is 24.9 Å². The summed E-state index contributed by atoms with van der Waals surface area (Å²) in [5.74, 6) is -0.0650. The van der Waals surface area contributed by atoms with Gasteiger partial charge in [-0.3, -0.25) is 0 Å². The van der Waals surface area contributed by atoms with Crippen molar-refractivity contribution in [3.63, 3.8) is 0 Å². The molecule has 0 saturated carbocycles. The summed E-state index contributed by atoms with van der Waals surface area (Å²) >= 11 is 0. The standard InChI is InChI=1S/C19H17F3N8O/c1-18(2,31)10-25-16-28-15(12-6-3-7-13(26-12)19(20,21)22)29-17(30-16)27-14-11(9-23)5-4-8-24-14/h3-8,31H,10H2,1-2H3,(H2,24,25,27,28,29,30). The molecular formula is C19H17F3N8O. The van der Waals surface area contributed by atoms with Crippen LogP contribution in [0.25, 0.3) is 11.5 Å². The molecule has 0 fully saturated rings. The number of aliphatic hydroxyl groups is 1. The molecule has 0 radical (unpaired) electrons. The first-order chi connectivity index (χ1) is 14.5. The van der Waals surface area contributed by atoms with E-state index in [0.29, 0.717) is 0 Å². The van der Waals surface area contributed by atoms with Crippen LogP contribution < -0.4 is 10.6 Å². The normalized spacial score (nSPS) is 11.6. The van der Waals surface area contributed by atoms with Crippen LogP contribution in [0.3, 0.4) is 0 Å². The van der Waals surface area contributed by atoms with Gasteiger partial charge >= 0.3 is 6.18 Å². The number of pyridine rings is 2. The average Bonchev–Trinajstić information content (AvgIpc) is 2.71. The van der Waals surface area contributed by atoms with Gasteiger partial charge in [0, 0.05) is 12.7 Å². The molecule has 3 aromatic rings. The molecule has 0 amide bonds. The van der Waals surface area contributed by atoms with Crippen molar-refractivity contribution in [2.75, 3.05) is 17.2 Å². The van der Waals surface area contributed by atoms with Gasteiger partial charge in [-0.2, -0.15) is 33.4 Å². The number of anilines is 3. The molecule has 0 aliphatic rings. The first kappa shape index (κ1) is 21.8. The molecule has 3 N–H and O–H groups in total. The highest BCUT2D eigenvalue weighted by atomic mass is 19.4. The Morgan fingerprint density at radius 3 is 2.45 bits per heavy atom. The molecule has 0 saturated heterocycles. The van der Waals surface area contributed by atoms with Crippen molar-refractivity contribution in [3.05, 3.63) is 47.8 Å². The first-order valence-electron chi connectivity index (χ1n) is 8.94. The molecule has 0 atom stereocenters. The first-order valence-corrected chi connectivity index (χ1v) is 8.94. The van der Waals surface area contributed by atoms with Crippen molar-refractivity contribution in [3.8, 4) is 17.6 Å². The van der Waals surface area contributed by atoms with Gasteiger partial charge in [-0.15, -0.1) is 0 Å². The van der Waals surface area contributed by atoms with Crippen LogP contribution in [0.1, 0.15) is 25.1 Å². The molecule has 0 aromatic carbocycles. The van der Waals surface area contributed by atoms with E-state index in [9.17, 15) is 23.5 Å². The van der Waals surface area contributed by atoms with Crippen LogP contribution in [0.4, 0.5) is 30.9 Å². The van der Waals surface area contributed by atoms with Crippen LogP contribution in [0.15, 0.2) is 36.5 Å². The number of hydrogen-bond acceptors (Lipinski definition) is 9. The zero-order valence-electron chi connectivity index (χ0n) is 16.4. The predicted molar refractivity (Wildman–Crippen MR) is 105 cm³/mol. The highest BCUT2D eigenvalue weighted by molar-refractivity contribution is 5.61. The Balaban J connectivity index is 2.04. The van der Waals surface area contributed by atoms with Crippen LogP contribution in [0.5, 0.6) is 0 Å². The lowest BCUT2D eigenvalue weighted by Gasteiger charge is -2.18. The molecule has 160 valence electrons. The van der Waals surface area contributed by atoms with E-state index in [1.54, 1.807) is 19.9 Å². The van der Waals surface area contributed by atoms with Gasteiger partial charge in [0.1, 0.15) is 17.5 Å². The lowest BCUT2D eigenvalue weighted by atomic mass is 10.1. The van der Waals surface area contributed by atoms with Crippen molar-refractivity contribution in [2.24, 2.45) is 0 Å². The number of halogens is 3. The Morgan fingerprint density at radius 2 is 1.77 bits per heavy atom. The summed E-state index contributed by atoms with van der Waals surface area (Å²) in [7, 11) is 0. The topological polar surface area (TPSA) is 133 Å². The van der Waals surface area contributed by atoms with Gasteiger partial charge in [0.05, 0.1) is 11.2 Å². The maximum Gasteiger partial charge on any atom is 0.433 e. The van der Waals surface area contributed by atoms with E-state index in [1.807, 2.05) is 6.07 Å². The van der Waals surface area contributed by atoms with E-state index in [2.05, 4.69) is 35.6 Å². The van der Waals surface area contributed by atoms with Crippen LogP contribution in [0.2, 0.25) is 0 Å². The molecule has 0 unspecified atom stereocenters. The molecular weight excluding hydrogens is 413 g/mol. The maximum atomic E-state index is 13.1. The fraction of sp³-hybridized carbons (Fsp3) is 0.263. The lowest BCUT2D eigenvalue weighted by Crippen LogP contribution is -2.30. The number of aromatic nitrogens is 5. The third-order valence-electron chi connectivity index (χ3n) is 3.74. The Labute approximate surface area is 175 Å². The molecule has 31 heavy (non-hydrogen) atoms. The quantitative estimate of drug-likeness (QED) is 0.539. The van der Waals surface area contributed by atoms with Crippen molar-refractivity contribution >= 4 is 17.7 Å². The molecule has 0 bridgehead atoms. The Bertz CT molecular complexity index is 1120.